The first-order chi connectivity index (χ1) is 15.9. The second-order valence-electron chi connectivity index (χ2n) is 8.65. The fourth-order valence-electron chi connectivity index (χ4n) is 4.81. The van der Waals surface area contributed by atoms with Crippen molar-refractivity contribution in [2.45, 2.75) is 111 Å². The highest BCUT2D eigenvalue weighted by atomic mass is 28.4. The summed E-state index contributed by atoms with van der Waals surface area (Å²) in [6.07, 6.45) is 7.42. The zero-order valence-corrected chi connectivity index (χ0v) is 24.5. The van der Waals surface area contributed by atoms with Crippen LogP contribution in [0.25, 0.3) is 0 Å². The molecular weight excluding hydrogens is 456 g/mol. The number of hydrogen-bond acceptors (Lipinski definition) is 7. The van der Waals surface area contributed by atoms with E-state index >= 15 is 0 Å². The highest BCUT2D eigenvalue weighted by Gasteiger charge is 2.41. The largest absolute Gasteiger partial charge is 0.500 e. The minimum atomic E-state index is -2.59. The minimum Gasteiger partial charge on any atom is -0.375 e. The summed E-state index contributed by atoms with van der Waals surface area (Å²) in [6.45, 7) is 18.0. The predicted octanol–water partition coefficient (Wildman–Crippen LogP) is 5.83. The van der Waals surface area contributed by atoms with Crippen LogP contribution in [-0.4, -0.2) is 69.5 Å². The number of hydrogen-bond donors (Lipinski definition) is 0. The van der Waals surface area contributed by atoms with Crippen LogP contribution < -0.4 is 0 Å². The molecule has 0 saturated carbocycles. The molecule has 1 aliphatic heterocycles. The molecule has 2 unspecified atom stereocenters. The van der Waals surface area contributed by atoms with Gasteiger partial charge in [-0.1, -0.05) is 12.8 Å². The molecule has 1 rings (SSSR count). The molecule has 0 aliphatic carbocycles. The monoisotopic (exact) mass is 508 g/mol. The molecule has 0 bridgehead atoms. The predicted molar refractivity (Wildman–Crippen MR) is 136 cm³/mol. The molecule has 0 aromatic rings. The fraction of sp³-hybridized carbons (Fsp3) is 1.00. The van der Waals surface area contributed by atoms with E-state index in [9.17, 15) is 0 Å². The van der Waals surface area contributed by atoms with Crippen molar-refractivity contribution in [2.24, 2.45) is 5.92 Å². The second-order valence-corrected chi connectivity index (χ2v) is 14.1. The molecule has 0 aromatic heterocycles. The quantitative estimate of drug-likeness (QED) is 0.171. The third kappa shape index (κ3) is 11.6. The van der Waals surface area contributed by atoms with Crippen LogP contribution in [-0.2, 0) is 31.3 Å². The molecule has 198 valence electrons. The normalized spacial score (nSPS) is 19.3. The van der Waals surface area contributed by atoms with E-state index in [1.54, 1.807) is 0 Å². The molecule has 7 nitrogen and oxygen atoms in total. The molecule has 0 aromatic carbocycles. The lowest BCUT2D eigenvalue weighted by molar-refractivity contribution is -0.123. The Kier molecular flexibility index (Phi) is 16.6. The van der Waals surface area contributed by atoms with Gasteiger partial charge >= 0.3 is 17.6 Å². The van der Waals surface area contributed by atoms with Crippen molar-refractivity contribution in [3.63, 3.8) is 0 Å². The molecule has 33 heavy (non-hydrogen) atoms. The summed E-state index contributed by atoms with van der Waals surface area (Å²) in [4.78, 5) is 0. The van der Waals surface area contributed by atoms with Crippen LogP contribution in [0.15, 0.2) is 0 Å². The van der Waals surface area contributed by atoms with Gasteiger partial charge in [-0.05, 0) is 80.1 Å². The van der Waals surface area contributed by atoms with Crippen LogP contribution in [0.3, 0.4) is 0 Å². The van der Waals surface area contributed by atoms with Crippen LogP contribution in [0.4, 0.5) is 0 Å². The molecule has 0 radical (unpaired) electrons. The summed E-state index contributed by atoms with van der Waals surface area (Å²) in [5.74, 6) is 0.593. The molecule has 0 spiro atoms. The molecule has 1 heterocycles. The summed E-state index contributed by atoms with van der Waals surface area (Å²) in [7, 11) is -5.17. The van der Waals surface area contributed by atoms with Crippen LogP contribution >= 0.6 is 0 Å². The van der Waals surface area contributed by atoms with E-state index in [4.69, 9.17) is 31.3 Å². The van der Waals surface area contributed by atoms with E-state index in [-0.39, 0.29) is 0 Å². The number of rotatable bonds is 22. The van der Waals surface area contributed by atoms with Gasteiger partial charge < -0.3 is 31.3 Å². The average Bonchev–Trinajstić information content (AvgIpc) is 2.73. The Morgan fingerprint density at radius 3 is 1.27 bits per heavy atom. The molecule has 2 atom stereocenters. The van der Waals surface area contributed by atoms with E-state index < -0.39 is 17.6 Å². The van der Waals surface area contributed by atoms with Crippen LogP contribution in [0.1, 0.15) is 87.0 Å². The van der Waals surface area contributed by atoms with Crippen molar-refractivity contribution in [1.29, 1.82) is 0 Å². The Hall–Kier alpha value is 0.154. The SMILES string of the molecule is CCO[Si](CCCC(CCC[Si](OCC)(OCC)OCC)CC1CC(C)O1)(OCC)OCC. The Morgan fingerprint density at radius 2 is 1.00 bits per heavy atom. The van der Waals surface area contributed by atoms with Crippen molar-refractivity contribution in [3.05, 3.63) is 0 Å². The molecule has 9 heteroatoms. The third-order valence-corrected chi connectivity index (χ3v) is 12.3. The van der Waals surface area contributed by atoms with E-state index in [1.165, 1.54) is 6.42 Å². The lowest BCUT2D eigenvalue weighted by Gasteiger charge is -2.36. The first kappa shape index (κ1) is 31.2. The van der Waals surface area contributed by atoms with Crippen molar-refractivity contribution in [2.75, 3.05) is 39.6 Å². The Balaban J connectivity index is 2.70. The van der Waals surface area contributed by atoms with Gasteiger partial charge in [-0.3, -0.25) is 0 Å². The lowest BCUT2D eigenvalue weighted by Crippen LogP contribution is -2.46. The van der Waals surface area contributed by atoms with Gasteiger partial charge in [0.15, 0.2) is 0 Å². The van der Waals surface area contributed by atoms with Gasteiger partial charge in [0.2, 0.25) is 0 Å². The van der Waals surface area contributed by atoms with Crippen LogP contribution in [0.2, 0.25) is 12.1 Å². The highest BCUT2D eigenvalue weighted by molar-refractivity contribution is 6.61. The van der Waals surface area contributed by atoms with Gasteiger partial charge in [-0.25, -0.2) is 0 Å². The van der Waals surface area contributed by atoms with Gasteiger partial charge in [-0.2, -0.15) is 0 Å². The number of ether oxygens (including phenoxy) is 1. The Bertz CT molecular complexity index is 412. The summed E-state index contributed by atoms with van der Waals surface area (Å²) in [5.41, 5.74) is 0. The van der Waals surface area contributed by atoms with Gasteiger partial charge in [-0.15, -0.1) is 0 Å². The average molecular weight is 509 g/mol. The maximum atomic E-state index is 6.05. The molecule has 0 amide bonds. The Morgan fingerprint density at radius 1 is 0.667 bits per heavy atom. The highest BCUT2D eigenvalue weighted by Crippen LogP contribution is 2.33. The van der Waals surface area contributed by atoms with Gasteiger partial charge in [0.05, 0.1) is 12.2 Å². The fourth-order valence-corrected chi connectivity index (χ4v) is 10.1. The summed E-state index contributed by atoms with van der Waals surface area (Å²) in [5, 5.41) is 0. The zero-order valence-electron chi connectivity index (χ0n) is 22.5. The van der Waals surface area contributed by atoms with Crippen LogP contribution in [0.5, 0.6) is 0 Å². The lowest BCUT2D eigenvalue weighted by atomic mass is 9.88. The third-order valence-electron chi connectivity index (χ3n) is 5.99. The second kappa shape index (κ2) is 17.6. The van der Waals surface area contributed by atoms with E-state index in [2.05, 4.69) is 6.92 Å². The van der Waals surface area contributed by atoms with Crippen LogP contribution in [0, 0.1) is 5.92 Å². The van der Waals surface area contributed by atoms with Gasteiger partial charge in [0, 0.05) is 51.7 Å². The minimum absolute atomic E-state index is 0.394. The first-order valence-electron chi connectivity index (χ1n) is 13.4. The van der Waals surface area contributed by atoms with E-state index in [0.717, 1.165) is 44.2 Å². The molecule has 0 N–H and O–H groups in total. The standard InChI is InChI=1S/C24H52O7Si2/c1-8-25-32(26-9-2,27-10-3)18-14-16-23(21-24-20-22(7)31-24)17-15-19-33(28-11-4,29-12-5)30-13-6/h22-24H,8-21H2,1-7H3. The zero-order chi connectivity index (χ0) is 24.6. The summed E-state index contributed by atoms with van der Waals surface area (Å²) in [6, 6.07) is 1.74. The van der Waals surface area contributed by atoms with Crippen molar-refractivity contribution >= 4 is 17.6 Å². The topological polar surface area (TPSA) is 64.6 Å². The molecular formula is C24H52O7Si2. The molecule has 1 saturated heterocycles. The van der Waals surface area contributed by atoms with Crippen molar-refractivity contribution in [1.82, 2.24) is 0 Å². The smallest absolute Gasteiger partial charge is 0.375 e. The maximum Gasteiger partial charge on any atom is 0.500 e. The van der Waals surface area contributed by atoms with Crippen molar-refractivity contribution < 1.29 is 31.3 Å². The van der Waals surface area contributed by atoms with E-state index in [0.29, 0.717) is 57.8 Å². The first-order valence-corrected chi connectivity index (χ1v) is 17.3. The summed E-state index contributed by atoms with van der Waals surface area (Å²) < 4.78 is 42.3. The molecule has 1 fully saturated rings. The van der Waals surface area contributed by atoms with Gasteiger partial charge in [0.1, 0.15) is 0 Å². The Labute approximate surface area is 205 Å². The molecule has 1 aliphatic rings. The van der Waals surface area contributed by atoms with E-state index in [1.807, 2.05) is 41.5 Å². The maximum absolute atomic E-state index is 6.05. The summed E-state index contributed by atoms with van der Waals surface area (Å²) >= 11 is 0. The van der Waals surface area contributed by atoms with Crippen molar-refractivity contribution in [3.8, 4) is 0 Å². The van der Waals surface area contributed by atoms with Gasteiger partial charge in [0.25, 0.3) is 0 Å².